The van der Waals surface area contributed by atoms with Gasteiger partial charge in [-0.25, -0.2) is 0 Å². The van der Waals surface area contributed by atoms with Crippen LogP contribution in [0, 0.1) is 0 Å². The zero-order valence-corrected chi connectivity index (χ0v) is 10.3. The van der Waals surface area contributed by atoms with E-state index in [0.717, 1.165) is 13.0 Å². The minimum absolute atomic E-state index is 0.161. The minimum Gasteiger partial charge on any atom is -0.353 e. The van der Waals surface area contributed by atoms with Crippen molar-refractivity contribution in [2.24, 2.45) is 0 Å². The summed E-state index contributed by atoms with van der Waals surface area (Å²) in [5.74, 6) is -0.321. The van der Waals surface area contributed by atoms with E-state index in [9.17, 15) is 18.0 Å². The van der Waals surface area contributed by atoms with E-state index in [1.54, 1.807) is 0 Å². The van der Waals surface area contributed by atoms with Gasteiger partial charge in [0.1, 0.15) is 6.04 Å². The number of nitrogens with one attached hydrogen (secondary N) is 1. The van der Waals surface area contributed by atoms with Crippen molar-refractivity contribution in [3.8, 4) is 0 Å². The van der Waals surface area contributed by atoms with Crippen LogP contribution in [0.2, 0.25) is 0 Å². The van der Waals surface area contributed by atoms with E-state index in [4.69, 9.17) is 0 Å². The number of alkyl halides is 3. The molecule has 0 aromatic carbocycles. The van der Waals surface area contributed by atoms with E-state index in [1.165, 1.54) is 4.90 Å². The molecule has 2 aliphatic heterocycles. The van der Waals surface area contributed by atoms with Crippen LogP contribution in [0.3, 0.4) is 0 Å². The van der Waals surface area contributed by atoms with Crippen molar-refractivity contribution >= 4 is 5.91 Å². The summed E-state index contributed by atoms with van der Waals surface area (Å²) in [6, 6.07) is -1.56. The minimum atomic E-state index is -4.30. The molecule has 7 heteroatoms. The maximum absolute atomic E-state index is 13.0. The van der Waals surface area contributed by atoms with E-state index in [0.29, 0.717) is 13.0 Å². The second kappa shape index (κ2) is 5.05. The number of rotatable bonds is 2. The Morgan fingerprint density at radius 1 is 1.44 bits per heavy atom. The fraction of sp³-hybridized carbons (Fsp3) is 0.909. The Bertz CT molecular complexity index is 321. The fourth-order valence-electron chi connectivity index (χ4n) is 2.83. The largest absolute Gasteiger partial charge is 0.405 e. The highest BCUT2D eigenvalue weighted by Gasteiger charge is 2.49. The maximum atomic E-state index is 13.0. The van der Waals surface area contributed by atoms with E-state index >= 15 is 0 Å². The summed E-state index contributed by atoms with van der Waals surface area (Å²) in [5.41, 5.74) is 0. The van der Waals surface area contributed by atoms with Gasteiger partial charge in [0, 0.05) is 6.54 Å². The molecular weight excluding hydrogens is 247 g/mol. The summed E-state index contributed by atoms with van der Waals surface area (Å²) in [4.78, 5) is 14.7. The standard InChI is InChI=1S/C11H18F3N3O/c1-2-16-5-3-4-10(16)17-7-9(18)15-6-8(17)11(12,13)14/h8,10H,2-7H2,1H3,(H,15,18). The smallest absolute Gasteiger partial charge is 0.353 e. The Balaban J connectivity index is 2.17. The Morgan fingerprint density at radius 2 is 2.17 bits per heavy atom. The number of nitrogens with zero attached hydrogens (tertiary/aromatic N) is 2. The zero-order valence-electron chi connectivity index (χ0n) is 10.3. The molecule has 4 nitrogen and oxygen atoms in total. The first-order chi connectivity index (χ1) is 8.43. The van der Waals surface area contributed by atoms with Crippen LogP contribution in [0.25, 0.3) is 0 Å². The molecule has 0 bridgehead atoms. The van der Waals surface area contributed by atoms with Gasteiger partial charge in [0.2, 0.25) is 5.91 Å². The van der Waals surface area contributed by atoms with Crippen LogP contribution in [0.15, 0.2) is 0 Å². The van der Waals surface area contributed by atoms with Gasteiger partial charge in [-0.3, -0.25) is 14.6 Å². The predicted molar refractivity (Wildman–Crippen MR) is 59.8 cm³/mol. The number of piperazine rings is 1. The first-order valence-electron chi connectivity index (χ1n) is 6.26. The number of amides is 1. The highest BCUT2D eigenvalue weighted by Crippen LogP contribution is 2.31. The molecule has 0 saturated carbocycles. The molecule has 18 heavy (non-hydrogen) atoms. The molecule has 0 aliphatic carbocycles. The molecule has 2 unspecified atom stereocenters. The molecule has 2 atom stereocenters. The van der Waals surface area contributed by atoms with Crippen molar-refractivity contribution in [1.82, 2.24) is 15.1 Å². The van der Waals surface area contributed by atoms with Crippen LogP contribution in [0.5, 0.6) is 0 Å². The van der Waals surface area contributed by atoms with Crippen LogP contribution in [-0.4, -0.2) is 60.3 Å². The monoisotopic (exact) mass is 265 g/mol. The number of carbonyl (C=O) groups excluding carboxylic acids is 1. The highest BCUT2D eigenvalue weighted by molar-refractivity contribution is 5.79. The number of halogens is 3. The van der Waals surface area contributed by atoms with Gasteiger partial charge in [0.25, 0.3) is 0 Å². The van der Waals surface area contributed by atoms with Gasteiger partial charge in [-0.15, -0.1) is 0 Å². The summed E-state index contributed by atoms with van der Waals surface area (Å²) in [6.45, 7) is 2.96. The molecule has 0 spiro atoms. The summed E-state index contributed by atoms with van der Waals surface area (Å²) in [7, 11) is 0. The topological polar surface area (TPSA) is 35.6 Å². The average Bonchev–Trinajstić information content (AvgIpc) is 2.75. The molecule has 1 amide bonds. The molecule has 0 radical (unpaired) electrons. The van der Waals surface area contributed by atoms with Gasteiger partial charge >= 0.3 is 6.18 Å². The van der Waals surface area contributed by atoms with E-state index in [2.05, 4.69) is 5.32 Å². The maximum Gasteiger partial charge on any atom is 0.405 e. The number of carbonyl (C=O) groups is 1. The second-order valence-corrected chi connectivity index (χ2v) is 4.79. The van der Waals surface area contributed by atoms with Crippen molar-refractivity contribution in [2.75, 3.05) is 26.2 Å². The molecule has 2 rings (SSSR count). The van der Waals surface area contributed by atoms with Crippen LogP contribution >= 0.6 is 0 Å². The molecule has 2 saturated heterocycles. The third-order valence-corrected chi connectivity index (χ3v) is 3.72. The van der Waals surface area contributed by atoms with Crippen molar-refractivity contribution in [2.45, 2.75) is 38.1 Å². The van der Waals surface area contributed by atoms with E-state index < -0.39 is 12.2 Å². The Labute approximate surface area is 104 Å². The normalized spacial score (nSPS) is 31.7. The molecule has 2 heterocycles. The number of likely N-dealkylation sites (tertiary alicyclic amines) is 1. The third kappa shape index (κ3) is 2.61. The van der Waals surface area contributed by atoms with Crippen LogP contribution in [0.1, 0.15) is 19.8 Å². The van der Waals surface area contributed by atoms with Crippen LogP contribution in [-0.2, 0) is 4.79 Å². The molecule has 1 N–H and O–H groups in total. The number of hydrogen-bond donors (Lipinski definition) is 1. The van der Waals surface area contributed by atoms with Crippen LogP contribution in [0.4, 0.5) is 13.2 Å². The number of hydrogen-bond acceptors (Lipinski definition) is 3. The molecule has 2 aliphatic rings. The Hall–Kier alpha value is -0.820. The summed E-state index contributed by atoms with van der Waals surface area (Å²) < 4.78 is 39.0. The van der Waals surface area contributed by atoms with Gasteiger partial charge in [0.05, 0.1) is 12.7 Å². The summed E-state index contributed by atoms with van der Waals surface area (Å²) in [5, 5.41) is 2.31. The lowest BCUT2D eigenvalue weighted by atomic mass is 10.1. The van der Waals surface area contributed by atoms with Gasteiger partial charge in [-0.2, -0.15) is 13.2 Å². The fourth-order valence-corrected chi connectivity index (χ4v) is 2.83. The van der Waals surface area contributed by atoms with Crippen LogP contribution < -0.4 is 5.32 Å². The molecular formula is C11H18F3N3O. The van der Waals surface area contributed by atoms with Crippen molar-refractivity contribution in [1.29, 1.82) is 0 Å². The van der Waals surface area contributed by atoms with Crippen molar-refractivity contribution in [3.05, 3.63) is 0 Å². The Kier molecular flexibility index (Phi) is 3.82. The van der Waals surface area contributed by atoms with Gasteiger partial charge in [-0.05, 0) is 25.9 Å². The van der Waals surface area contributed by atoms with Crippen molar-refractivity contribution < 1.29 is 18.0 Å². The Morgan fingerprint density at radius 3 is 2.78 bits per heavy atom. The van der Waals surface area contributed by atoms with Gasteiger partial charge in [-0.1, -0.05) is 6.92 Å². The second-order valence-electron chi connectivity index (χ2n) is 4.79. The first kappa shape index (κ1) is 13.6. The molecule has 104 valence electrons. The van der Waals surface area contributed by atoms with E-state index in [1.807, 2.05) is 11.8 Å². The first-order valence-corrected chi connectivity index (χ1v) is 6.26. The van der Waals surface area contributed by atoms with Crippen molar-refractivity contribution in [3.63, 3.8) is 0 Å². The lowest BCUT2D eigenvalue weighted by molar-refractivity contribution is -0.201. The SMILES string of the molecule is CCN1CCCC1N1CC(=O)NCC1C(F)(F)F. The highest BCUT2D eigenvalue weighted by atomic mass is 19.4. The molecule has 2 fully saturated rings. The lowest BCUT2D eigenvalue weighted by Crippen LogP contribution is -2.64. The molecule has 0 aromatic rings. The third-order valence-electron chi connectivity index (χ3n) is 3.72. The quantitative estimate of drug-likeness (QED) is 0.802. The summed E-state index contributed by atoms with van der Waals surface area (Å²) in [6.07, 6.45) is -2.96. The summed E-state index contributed by atoms with van der Waals surface area (Å²) >= 11 is 0. The van der Waals surface area contributed by atoms with Gasteiger partial charge < -0.3 is 5.32 Å². The van der Waals surface area contributed by atoms with Gasteiger partial charge in [0.15, 0.2) is 0 Å². The zero-order chi connectivity index (χ0) is 13.3. The van der Waals surface area contributed by atoms with E-state index in [-0.39, 0.29) is 25.2 Å². The lowest BCUT2D eigenvalue weighted by Gasteiger charge is -2.42. The molecule has 0 aromatic heterocycles. The predicted octanol–water partition coefficient (Wildman–Crippen LogP) is 0.791. The average molecular weight is 265 g/mol.